The van der Waals surface area contributed by atoms with Crippen LogP contribution in [0.1, 0.15) is 20.3 Å². The van der Waals surface area contributed by atoms with E-state index in [0.29, 0.717) is 31.8 Å². The predicted octanol–water partition coefficient (Wildman–Crippen LogP) is 3.19. The maximum Gasteiger partial charge on any atom is 0.319 e. The van der Waals surface area contributed by atoms with E-state index < -0.39 is 12.0 Å². The van der Waals surface area contributed by atoms with Crippen molar-refractivity contribution < 1.29 is 23.9 Å². The fourth-order valence-electron chi connectivity index (χ4n) is 3.27. The van der Waals surface area contributed by atoms with Gasteiger partial charge in [-0.15, -0.1) is 0 Å². The van der Waals surface area contributed by atoms with Crippen molar-refractivity contribution in [2.45, 2.75) is 20.3 Å². The minimum Gasteiger partial charge on any atom is -0.494 e. The summed E-state index contributed by atoms with van der Waals surface area (Å²) in [7, 11) is 0. The van der Waals surface area contributed by atoms with Crippen LogP contribution in [0.4, 0.5) is 16.2 Å². The van der Waals surface area contributed by atoms with Crippen LogP contribution < -0.4 is 25.0 Å². The molecule has 2 aromatic rings. The largest absolute Gasteiger partial charge is 0.494 e. The van der Waals surface area contributed by atoms with Crippen LogP contribution in [-0.2, 0) is 9.59 Å². The number of hydrogen-bond donors (Lipinski definition) is 2. The lowest BCUT2D eigenvalue weighted by Gasteiger charge is -2.17. The first-order valence-electron chi connectivity index (χ1n) is 9.81. The number of carbonyl (C=O) groups excluding carboxylic acids is 3. The zero-order valence-corrected chi connectivity index (χ0v) is 17.0. The predicted molar refractivity (Wildman–Crippen MR) is 113 cm³/mol. The number of hydrogen-bond acceptors (Lipinski definition) is 5. The third-order valence-electron chi connectivity index (χ3n) is 4.60. The number of ether oxygens (including phenoxy) is 2. The fourth-order valence-corrected chi connectivity index (χ4v) is 3.27. The van der Waals surface area contributed by atoms with Crippen LogP contribution in [-0.4, -0.2) is 37.6 Å². The zero-order chi connectivity index (χ0) is 21.5. The summed E-state index contributed by atoms with van der Waals surface area (Å²) in [5.74, 6) is 0.586. The molecule has 0 bridgehead atoms. The second-order valence-corrected chi connectivity index (χ2v) is 6.93. The maximum absolute atomic E-state index is 12.4. The highest BCUT2D eigenvalue weighted by atomic mass is 16.5. The number of esters is 1. The minimum atomic E-state index is -0.469. The van der Waals surface area contributed by atoms with E-state index in [9.17, 15) is 14.4 Å². The van der Waals surface area contributed by atoms with Gasteiger partial charge in [-0.2, -0.15) is 0 Å². The van der Waals surface area contributed by atoms with E-state index in [2.05, 4.69) is 10.6 Å². The van der Waals surface area contributed by atoms with Crippen LogP contribution in [0.3, 0.4) is 0 Å². The molecule has 1 fully saturated rings. The molecule has 3 amide bonds. The van der Waals surface area contributed by atoms with Gasteiger partial charge in [-0.1, -0.05) is 12.1 Å². The molecule has 1 aliphatic rings. The van der Waals surface area contributed by atoms with Crippen LogP contribution in [0.15, 0.2) is 48.5 Å². The van der Waals surface area contributed by atoms with E-state index >= 15 is 0 Å². The summed E-state index contributed by atoms with van der Waals surface area (Å²) in [5, 5.41) is 5.46. The van der Waals surface area contributed by atoms with E-state index in [1.54, 1.807) is 29.2 Å². The summed E-state index contributed by atoms with van der Waals surface area (Å²) in [5.41, 5.74) is 1.20. The number of nitrogens with one attached hydrogen (secondary N) is 2. The zero-order valence-electron chi connectivity index (χ0n) is 17.0. The molecule has 2 aromatic carbocycles. The average molecular weight is 411 g/mol. The summed E-state index contributed by atoms with van der Waals surface area (Å²) in [4.78, 5) is 37.6. The third-order valence-corrected chi connectivity index (χ3v) is 4.60. The number of anilines is 2. The Morgan fingerprint density at radius 2 is 1.87 bits per heavy atom. The quantitative estimate of drug-likeness (QED) is 0.539. The molecule has 1 unspecified atom stereocenters. The van der Waals surface area contributed by atoms with Gasteiger partial charge in [-0.05, 0) is 43.3 Å². The Morgan fingerprint density at radius 1 is 1.13 bits per heavy atom. The molecule has 30 heavy (non-hydrogen) atoms. The molecule has 1 atom stereocenters. The van der Waals surface area contributed by atoms with Crippen molar-refractivity contribution in [3.8, 4) is 11.5 Å². The SMILES string of the molecule is CCOc1ccc(N2CC(CNC(=O)Nc3ccccc3OC(C)=O)CC2=O)cc1. The number of nitrogens with zero attached hydrogens (tertiary/aromatic N) is 1. The van der Waals surface area contributed by atoms with Crippen molar-refractivity contribution in [2.24, 2.45) is 5.92 Å². The minimum absolute atomic E-state index is 0.00136. The van der Waals surface area contributed by atoms with Crippen LogP contribution in [0.2, 0.25) is 0 Å². The molecule has 1 saturated heterocycles. The fraction of sp³-hybridized carbons (Fsp3) is 0.318. The lowest BCUT2D eigenvalue weighted by atomic mass is 10.1. The van der Waals surface area contributed by atoms with Crippen molar-refractivity contribution in [1.29, 1.82) is 0 Å². The number of para-hydroxylation sites is 2. The molecule has 0 saturated carbocycles. The second kappa shape index (κ2) is 9.78. The molecule has 0 spiro atoms. The van der Waals surface area contributed by atoms with E-state index in [1.165, 1.54) is 6.92 Å². The van der Waals surface area contributed by atoms with Gasteiger partial charge in [0.1, 0.15) is 5.75 Å². The van der Waals surface area contributed by atoms with Crippen molar-refractivity contribution in [3.05, 3.63) is 48.5 Å². The molecule has 8 heteroatoms. The number of benzene rings is 2. The van der Waals surface area contributed by atoms with Gasteiger partial charge in [-0.3, -0.25) is 9.59 Å². The first-order valence-corrected chi connectivity index (χ1v) is 9.81. The molecular formula is C22H25N3O5. The van der Waals surface area contributed by atoms with E-state index in [4.69, 9.17) is 9.47 Å². The van der Waals surface area contributed by atoms with Gasteiger partial charge >= 0.3 is 12.0 Å². The van der Waals surface area contributed by atoms with Crippen molar-refractivity contribution in [2.75, 3.05) is 29.9 Å². The average Bonchev–Trinajstić information content (AvgIpc) is 3.09. The molecule has 158 valence electrons. The first kappa shape index (κ1) is 21.2. The second-order valence-electron chi connectivity index (χ2n) is 6.93. The Labute approximate surface area is 175 Å². The van der Waals surface area contributed by atoms with Crippen molar-refractivity contribution >= 4 is 29.3 Å². The Hall–Kier alpha value is -3.55. The molecule has 3 rings (SSSR count). The van der Waals surface area contributed by atoms with Gasteiger partial charge in [0.2, 0.25) is 5.91 Å². The highest BCUT2D eigenvalue weighted by molar-refractivity contribution is 5.96. The van der Waals surface area contributed by atoms with Gasteiger partial charge in [0.05, 0.1) is 12.3 Å². The van der Waals surface area contributed by atoms with E-state index in [1.807, 2.05) is 31.2 Å². The molecule has 0 radical (unpaired) electrons. The van der Waals surface area contributed by atoms with E-state index in [-0.39, 0.29) is 17.6 Å². The Bertz CT molecular complexity index is 913. The number of amides is 3. The standard InChI is InChI=1S/C22H25N3O5/c1-3-29-18-10-8-17(9-11-18)25-14-16(12-21(25)27)13-23-22(28)24-19-6-4-5-7-20(19)30-15(2)26/h4-11,16H,3,12-14H2,1-2H3,(H2,23,24,28). The van der Waals surface area contributed by atoms with Crippen LogP contribution in [0.5, 0.6) is 11.5 Å². The van der Waals surface area contributed by atoms with Crippen molar-refractivity contribution in [1.82, 2.24) is 5.32 Å². The number of rotatable bonds is 7. The highest BCUT2D eigenvalue weighted by Gasteiger charge is 2.30. The molecule has 0 aliphatic carbocycles. The topological polar surface area (TPSA) is 97.0 Å². The summed E-state index contributed by atoms with van der Waals surface area (Å²) in [6.45, 7) is 4.67. The third kappa shape index (κ3) is 5.50. The number of carbonyl (C=O) groups is 3. The smallest absolute Gasteiger partial charge is 0.319 e. The summed E-state index contributed by atoms with van der Waals surface area (Å²) >= 11 is 0. The lowest BCUT2D eigenvalue weighted by molar-refractivity contribution is -0.131. The molecule has 0 aromatic heterocycles. The summed E-state index contributed by atoms with van der Waals surface area (Å²) < 4.78 is 10.5. The Morgan fingerprint density at radius 3 is 2.57 bits per heavy atom. The van der Waals surface area contributed by atoms with Gasteiger partial charge < -0.3 is 25.0 Å². The monoisotopic (exact) mass is 411 g/mol. The van der Waals surface area contributed by atoms with Crippen LogP contribution in [0, 0.1) is 5.92 Å². The summed E-state index contributed by atoms with van der Waals surface area (Å²) in [6.07, 6.45) is 0.359. The number of urea groups is 1. The highest BCUT2D eigenvalue weighted by Crippen LogP contribution is 2.27. The van der Waals surface area contributed by atoms with Gasteiger partial charge in [-0.25, -0.2) is 4.79 Å². The molecule has 1 heterocycles. The molecule has 2 N–H and O–H groups in total. The maximum atomic E-state index is 12.4. The Balaban J connectivity index is 1.52. The van der Waals surface area contributed by atoms with Gasteiger partial charge in [0, 0.05) is 38.0 Å². The Kier molecular flexibility index (Phi) is 6.90. The molecule has 8 nitrogen and oxygen atoms in total. The first-order chi connectivity index (χ1) is 14.5. The van der Waals surface area contributed by atoms with Crippen LogP contribution in [0.25, 0.3) is 0 Å². The normalized spacial score (nSPS) is 15.6. The van der Waals surface area contributed by atoms with Crippen molar-refractivity contribution in [3.63, 3.8) is 0 Å². The van der Waals surface area contributed by atoms with Gasteiger partial charge in [0.15, 0.2) is 5.75 Å². The van der Waals surface area contributed by atoms with Crippen LogP contribution >= 0.6 is 0 Å². The van der Waals surface area contributed by atoms with Gasteiger partial charge in [0.25, 0.3) is 0 Å². The lowest BCUT2D eigenvalue weighted by Crippen LogP contribution is -2.34. The summed E-state index contributed by atoms with van der Waals surface area (Å²) in [6, 6.07) is 13.6. The molecule has 1 aliphatic heterocycles. The molecular weight excluding hydrogens is 386 g/mol. The van der Waals surface area contributed by atoms with E-state index in [0.717, 1.165) is 11.4 Å².